The molecule has 156 valence electrons. The molecule has 0 radical (unpaired) electrons. The lowest BCUT2D eigenvalue weighted by Crippen LogP contribution is -2.43. The summed E-state index contributed by atoms with van der Waals surface area (Å²) in [5.41, 5.74) is 1.37. The Morgan fingerprint density at radius 1 is 1.21 bits per heavy atom. The zero-order valence-electron chi connectivity index (χ0n) is 16.2. The molecule has 0 saturated heterocycles. The fourth-order valence-electron chi connectivity index (χ4n) is 3.31. The van der Waals surface area contributed by atoms with Crippen LogP contribution >= 0.6 is 11.3 Å². The van der Waals surface area contributed by atoms with Crippen LogP contribution in [0.15, 0.2) is 24.3 Å². The van der Waals surface area contributed by atoms with Crippen LogP contribution in [-0.2, 0) is 9.59 Å². The standard InChI is InChI=1S/C20H23F2N3O3S/c1-11(23-18(27)14-5-3-4-6-14)17(26)25-20-24-16(12(2)29-20)13-7-9-15(10-8-13)28-19(21)22/h7-11,14,19H,3-6H2,1-2H3,(H,23,27)(H,24,25,26). The second-order valence-corrected chi connectivity index (χ2v) is 8.23. The van der Waals surface area contributed by atoms with Gasteiger partial charge in [0.2, 0.25) is 11.8 Å². The number of alkyl halides is 2. The number of aromatic nitrogens is 1. The predicted octanol–water partition coefficient (Wildman–Crippen LogP) is 4.35. The van der Waals surface area contributed by atoms with Gasteiger partial charge in [-0.2, -0.15) is 8.78 Å². The summed E-state index contributed by atoms with van der Waals surface area (Å²) in [7, 11) is 0. The minimum absolute atomic E-state index is 0.00372. The Bertz CT molecular complexity index is 864. The molecule has 3 rings (SSSR count). The van der Waals surface area contributed by atoms with Gasteiger partial charge in [-0.05, 0) is 51.0 Å². The highest BCUT2D eigenvalue weighted by atomic mass is 32.1. The van der Waals surface area contributed by atoms with Gasteiger partial charge in [-0.1, -0.05) is 12.8 Å². The zero-order chi connectivity index (χ0) is 21.0. The Labute approximate surface area is 171 Å². The van der Waals surface area contributed by atoms with Crippen LogP contribution in [0.4, 0.5) is 13.9 Å². The van der Waals surface area contributed by atoms with Crippen LogP contribution in [0.2, 0.25) is 0 Å². The van der Waals surface area contributed by atoms with Crippen molar-refractivity contribution in [2.75, 3.05) is 5.32 Å². The van der Waals surface area contributed by atoms with Gasteiger partial charge in [0.25, 0.3) is 0 Å². The van der Waals surface area contributed by atoms with Crippen LogP contribution < -0.4 is 15.4 Å². The van der Waals surface area contributed by atoms with Gasteiger partial charge in [0, 0.05) is 16.4 Å². The Morgan fingerprint density at radius 2 is 1.86 bits per heavy atom. The molecular formula is C20H23F2N3O3S. The summed E-state index contributed by atoms with van der Waals surface area (Å²) in [6.45, 7) is 0.628. The molecule has 1 aliphatic rings. The van der Waals surface area contributed by atoms with Gasteiger partial charge in [-0.15, -0.1) is 11.3 Å². The number of halogens is 2. The molecule has 29 heavy (non-hydrogen) atoms. The van der Waals surface area contributed by atoms with Crippen molar-refractivity contribution in [3.05, 3.63) is 29.1 Å². The normalized spacial score (nSPS) is 15.3. The largest absolute Gasteiger partial charge is 0.435 e. The molecule has 1 aromatic carbocycles. The molecule has 2 aromatic rings. The van der Waals surface area contributed by atoms with E-state index in [1.807, 2.05) is 6.92 Å². The molecule has 0 aliphatic heterocycles. The van der Waals surface area contributed by atoms with E-state index in [4.69, 9.17) is 0 Å². The lowest BCUT2D eigenvalue weighted by molar-refractivity contribution is -0.128. The van der Waals surface area contributed by atoms with Crippen LogP contribution in [0.5, 0.6) is 5.75 Å². The molecule has 6 nitrogen and oxygen atoms in total. The van der Waals surface area contributed by atoms with Crippen molar-refractivity contribution >= 4 is 28.3 Å². The number of rotatable bonds is 7. The molecule has 0 bridgehead atoms. The van der Waals surface area contributed by atoms with E-state index in [2.05, 4.69) is 20.4 Å². The van der Waals surface area contributed by atoms with Crippen molar-refractivity contribution in [1.29, 1.82) is 0 Å². The molecule has 1 aliphatic carbocycles. The van der Waals surface area contributed by atoms with Gasteiger partial charge in [0.15, 0.2) is 5.13 Å². The number of carbonyl (C=O) groups is 2. The van der Waals surface area contributed by atoms with Gasteiger partial charge in [0.1, 0.15) is 11.8 Å². The fourth-order valence-corrected chi connectivity index (χ4v) is 4.15. The maximum absolute atomic E-state index is 12.4. The highest BCUT2D eigenvalue weighted by Gasteiger charge is 2.26. The highest BCUT2D eigenvalue weighted by Crippen LogP contribution is 2.31. The SMILES string of the molecule is Cc1sc(NC(=O)C(C)NC(=O)C2CCCC2)nc1-c1ccc(OC(F)F)cc1. The van der Waals surface area contributed by atoms with E-state index in [1.54, 1.807) is 19.1 Å². The van der Waals surface area contributed by atoms with Crippen molar-refractivity contribution in [3.63, 3.8) is 0 Å². The number of anilines is 1. The molecule has 1 heterocycles. The monoisotopic (exact) mass is 423 g/mol. The van der Waals surface area contributed by atoms with Crippen molar-refractivity contribution < 1.29 is 23.1 Å². The first-order valence-electron chi connectivity index (χ1n) is 9.47. The molecule has 1 aromatic heterocycles. The summed E-state index contributed by atoms with van der Waals surface area (Å²) in [6.07, 6.45) is 3.84. The summed E-state index contributed by atoms with van der Waals surface area (Å²) in [5, 5.41) is 5.92. The van der Waals surface area contributed by atoms with Crippen LogP contribution in [0.1, 0.15) is 37.5 Å². The summed E-state index contributed by atoms with van der Waals surface area (Å²) in [6, 6.07) is 5.49. The number of nitrogens with zero attached hydrogens (tertiary/aromatic N) is 1. The minimum atomic E-state index is -2.88. The first-order chi connectivity index (χ1) is 13.8. The molecule has 0 spiro atoms. The third kappa shape index (κ3) is 5.50. The number of benzene rings is 1. The van der Waals surface area contributed by atoms with Crippen molar-refractivity contribution in [2.24, 2.45) is 5.92 Å². The van der Waals surface area contributed by atoms with Crippen molar-refractivity contribution in [2.45, 2.75) is 52.2 Å². The summed E-state index contributed by atoms with van der Waals surface area (Å²) >= 11 is 1.31. The van der Waals surface area contributed by atoms with Gasteiger partial charge >= 0.3 is 6.61 Å². The minimum Gasteiger partial charge on any atom is -0.435 e. The second-order valence-electron chi connectivity index (χ2n) is 7.03. The first-order valence-corrected chi connectivity index (χ1v) is 10.3. The Balaban J connectivity index is 1.62. The van der Waals surface area contributed by atoms with E-state index < -0.39 is 12.7 Å². The molecular weight excluding hydrogens is 400 g/mol. The summed E-state index contributed by atoms with van der Waals surface area (Å²) < 4.78 is 28.9. The predicted molar refractivity (Wildman–Crippen MR) is 107 cm³/mol. The maximum atomic E-state index is 12.4. The Kier molecular flexibility index (Phi) is 6.79. The van der Waals surface area contributed by atoms with Gasteiger partial charge in [-0.3, -0.25) is 9.59 Å². The van der Waals surface area contributed by atoms with Crippen LogP contribution in [0, 0.1) is 12.8 Å². The molecule has 1 unspecified atom stereocenters. The number of thiazole rings is 1. The Morgan fingerprint density at radius 3 is 2.48 bits per heavy atom. The number of aryl methyl sites for hydroxylation is 1. The molecule has 1 saturated carbocycles. The lowest BCUT2D eigenvalue weighted by atomic mass is 10.1. The third-order valence-electron chi connectivity index (χ3n) is 4.86. The molecule has 2 amide bonds. The number of amides is 2. The van der Waals surface area contributed by atoms with E-state index in [0.717, 1.165) is 36.1 Å². The number of hydrogen-bond acceptors (Lipinski definition) is 5. The van der Waals surface area contributed by atoms with Gasteiger partial charge in [-0.25, -0.2) is 4.98 Å². The molecule has 1 fully saturated rings. The topological polar surface area (TPSA) is 80.3 Å². The van der Waals surface area contributed by atoms with Crippen LogP contribution in [0.25, 0.3) is 11.3 Å². The fraction of sp³-hybridized carbons (Fsp3) is 0.450. The first kappa shape index (κ1) is 21.2. The summed E-state index contributed by atoms with van der Waals surface area (Å²) in [5.74, 6) is -0.349. The van der Waals surface area contributed by atoms with Gasteiger partial charge < -0.3 is 15.4 Å². The van der Waals surface area contributed by atoms with E-state index in [0.29, 0.717) is 10.8 Å². The average Bonchev–Trinajstić information content (AvgIpc) is 3.32. The lowest BCUT2D eigenvalue weighted by Gasteiger charge is -2.16. The average molecular weight is 423 g/mol. The quantitative estimate of drug-likeness (QED) is 0.694. The molecule has 9 heteroatoms. The number of nitrogens with one attached hydrogen (secondary N) is 2. The molecule has 2 N–H and O–H groups in total. The molecule has 1 atom stereocenters. The van der Waals surface area contributed by atoms with E-state index in [1.165, 1.54) is 23.5 Å². The summed E-state index contributed by atoms with van der Waals surface area (Å²) in [4.78, 5) is 29.9. The van der Waals surface area contributed by atoms with Crippen molar-refractivity contribution in [1.82, 2.24) is 10.3 Å². The third-order valence-corrected chi connectivity index (χ3v) is 5.74. The smallest absolute Gasteiger partial charge is 0.387 e. The van der Waals surface area contributed by atoms with Crippen LogP contribution in [0.3, 0.4) is 0 Å². The highest BCUT2D eigenvalue weighted by molar-refractivity contribution is 7.16. The van der Waals surface area contributed by atoms with E-state index >= 15 is 0 Å². The maximum Gasteiger partial charge on any atom is 0.387 e. The number of hydrogen-bond donors (Lipinski definition) is 2. The number of ether oxygens (including phenoxy) is 1. The van der Waals surface area contributed by atoms with Crippen molar-refractivity contribution in [3.8, 4) is 17.0 Å². The van der Waals surface area contributed by atoms with Crippen LogP contribution in [-0.4, -0.2) is 29.5 Å². The Hall–Kier alpha value is -2.55. The zero-order valence-corrected chi connectivity index (χ0v) is 17.0. The number of carbonyl (C=O) groups excluding carboxylic acids is 2. The van der Waals surface area contributed by atoms with E-state index in [-0.39, 0.29) is 23.5 Å². The second kappa shape index (κ2) is 9.30. The van der Waals surface area contributed by atoms with E-state index in [9.17, 15) is 18.4 Å². The van der Waals surface area contributed by atoms with Gasteiger partial charge in [0.05, 0.1) is 5.69 Å².